The van der Waals surface area contributed by atoms with Crippen molar-refractivity contribution in [1.82, 2.24) is 9.97 Å². The molecule has 2 rings (SSSR count). The number of rotatable bonds is 4. The molecule has 0 aliphatic heterocycles. The Labute approximate surface area is 103 Å². The molecule has 0 saturated carbocycles. The van der Waals surface area contributed by atoms with Crippen molar-refractivity contribution in [3.63, 3.8) is 0 Å². The maximum atomic E-state index is 5.87. The van der Waals surface area contributed by atoms with Crippen LogP contribution in [0.4, 0.5) is 0 Å². The van der Waals surface area contributed by atoms with E-state index in [1.807, 2.05) is 6.92 Å². The lowest BCUT2D eigenvalue weighted by Gasteiger charge is -1.97. The number of aromatic nitrogens is 2. The Balaban J connectivity index is 2.26. The van der Waals surface area contributed by atoms with E-state index in [0.717, 1.165) is 6.42 Å². The summed E-state index contributed by atoms with van der Waals surface area (Å²) in [6, 6.07) is 1.75. The van der Waals surface area contributed by atoms with Gasteiger partial charge >= 0.3 is 0 Å². The maximum absolute atomic E-state index is 5.87. The summed E-state index contributed by atoms with van der Waals surface area (Å²) in [4.78, 5) is 7.80. The number of furan rings is 1. The van der Waals surface area contributed by atoms with Crippen LogP contribution < -0.4 is 0 Å². The standard InChI is InChI=1S/C10H10Cl2N2O2/c1-2-3-15-5-6-4-7-8(16-6)9(11)14-10(12)13-7/h4H,2-3,5H2,1H3. The molecule has 6 heteroatoms. The van der Waals surface area contributed by atoms with E-state index in [1.165, 1.54) is 0 Å². The molecule has 0 radical (unpaired) electrons. The van der Waals surface area contributed by atoms with Crippen molar-refractivity contribution >= 4 is 34.3 Å². The van der Waals surface area contributed by atoms with Crippen molar-refractivity contribution < 1.29 is 9.15 Å². The normalized spacial score (nSPS) is 11.2. The Kier molecular flexibility index (Phi) is 3.63. The average Bonchev–Trinajstić information content (AvgIpc) is 2.61. The molecule has 0 aliphatic carbocycles. The van der Waals surface area contributed by atoms with Gasteiger partial charge in [-0.1, -0.05) is 18.5 Å². The van der Waals surface area contributed by atoms with Crippen LogP contribution in [-0.2, 0) is 11.3 Å². The zero-order valence-electron chi connectivity index (χ0n) is 8.67. The Hall–Kier alpha value is -0.840. The van der Waals surface area contributed by atoms with Gasteiger partial charge in [-0.25, -0.2) is 9.97 Å². The Morgan fingerprint density at radius 1 is 1.38 bits per heavy atom. The lowest BCUT2D eigenvalue weighted by atomic mass is 10.4. The van der Waals surface area contributed by atoms with E-state index in [4.69, 9.17) is 32.4 Å². The Morgan fingerprint density at radius 2 is 2.19 bits per heavy atom. The predicted octanol–water partition coefficient (Wildman–Crippen LogP) is 3.46. The van der Waals surface area contributed by atoms with Crippen LogP contribution in [0, 0.1) is 0 Å². The van der Waals surface area contributed by atoms with E-state index in [-0.39, 0.29) is 10.4 Å². The molecule has 86 valence electrons. The minimum atomic E-state index is 0.110. The van der Waals surface area contributed by atoms with Gasteiger partial charge in [-0.15, -0.1) is 0 Å². The van der Waals surface area contributed by atoms with Crippen LogP contribution in [-0.4, -0.2) is 16.6 Å². The molecule has 0 aromatic carbocycles. The lowest BCUT2D eigenvalue weighted by Crippen LogP contribution is -1.91. The summed E-state index contributed by atoms with van der Waals surface area (Å²) < 4.78 is 10.8. The van der Waals surface area contributed by atoms with Crippen LogP contribution in [0.1, 0.15) is 19.1 Å². The molecule has 0 atom stereocenters. The summed E-state index contributed by atoms with van der Waals surface area (Å²) in [5, 5.41) is 0.330. The molecule has 0 unspecified atom stereocenters. The van der Waals surface area contributed by atoms with E-state index < -0.39 is 0 Å². The van der Waals surface area contributed by atoms with Gasteiger partial charge in [0.1, 0.15) is 17.9 Å². The molecule has 0 N–H and O–H groups in total. The molecule has 0 saturated heterocycles. The minimum Gasteiger partial charge on any atom is -0.454 e. The zero-order valence-corrected chi connectivity index (χ0v) is 10.2. The topological polar surface area (TPSA) is 48.2 Å². The highest BCUT2D eigenvalue weighted by atomic mass is 35.5. The van der Waals surface area contributed by atoms with E-state index in [1.54, 1.807) is 6.07 Å². The predicted molar refractivity (Wildman–Crippen MR) is 61.8 cm³/mol. The average molecular weight is 261 g/mol. The van der Waals surface area contributed by atoms with Gasteiger partial charge in [0.25, 0.3) is 0 Å². The Bertz CT molecular complexity index is 499. The smallest absolute Gasteiger partial charge is 0.224 e. The van der Waals surface area contributed by atoms with Crippen LogP contribution in [0.25, 0.3) is 11.1 Å². The fourth-order valence-electron chi connectivity index (χ4n) is 1.31. The van der Waals surface area contributed by atoms with E-state index >= 15 is 0 Å². The van der Waals surface area contributed by atoms with Gasteiger partial charge in [-0.3, -0.25) is 0 Å². The second kappa shape index (κ2) is 4.99. The summed E-state index contributed by atoms with van der Waals surface area (Å²) in [5.74, 6) is 0.668. The lowest BCUT2D eigenvalue weighted by molar-refractivity contribution is 0.108. The third kappa shape index (κ3) is 2.45. The van der Waals surface area contributed by atoms with Gasteiger partial charge in [-0.2, -0.15) is 0 Å². The highest BCUT2D eigenvalue weighted by Crippen LogP contribution is 2.25. The molecule has 0 amide bonds. The van der Waals surface area contributed by atoms with Gasteiger partial charge in [0.05, 0.1) is 0 Å². The summed E-state index contributed by atoms with van der Waals surface area (Å²) >= 11 is 11.5. The first-order chi connectivity index (χ1) is 7.70. The summed E-state index contributed by atoms with van der Waals surface area (Å²) in [5.41, 5.74) is 1.04. The maximum Gasteiger partial charge on any atom is 0.224 e. The van der Waals surface area contributed by atoms with Crippen LogP contribution in [0.3, 0.4) is 0 Å². The van der Waals surface area contributed by atoms with E-state index in [9.17, 15) is 0 Å². The van der Waals surface area contributed by atoms with Crippen LogP contribution in [0.5, 0.6) is 0 Å². The number of hydrogen-bond donors (Lipinski definition) is 0. The van der Waals surface area contributed by atoms with Gasteiger partial charge < -0.3 is 9.15 Å². The minimum absolute atomic E-state index is 0.110. The third-order valence-electron chi connectivity index (χ3n) is 1.95. The van der Waals surface area contributed by atoms with Gasteiger partial charge in [-0.05, 0) is 18.0 Å². The van der Waals surface area contributed by atoms with E-state index in [0.29, 0.717) is 30.1 Å². The summed E-state index contributed by atoms with van der Waals surface area (Å²) in [6.45, 7) is 3.14. The van der Waals surface area contributed by atoms with Crippen molar-refractivity contribution in [2.24, 2.45) is 0 Å². The SMILES string of the molecule is CCCOCc1cc2nc(Cl)nc(Cl)c2o1. The van der Waals surface area contributed by atoms with Crippen molar-refractivity contribution in [2.45, 2.75) is 20.0 Å². The van der Waals surface area contributed by atoms with Gasteiger partial charge in [0, 0.05) is 12.7 Å². The molecular formula is C10H10Cl2N2O2. The Morgan fingerprint density at radius 3 is 2.94 bits per heavy atom. The highest BCUT2D eigenvalue weighted by molar-refractivity contribution is 6.35. The molecule has 2 aromatic heterocycles. The van der Waals surface area contributed by atoms with Crippen LogP contribution in [0.2, 0.25) is 10.4 Å². The first-order valence-corrected chi connectivity index (χ1v) is 5.65. The molecule has 0 fully saturated rings. The first kappa shape index (κ1) is 11.6. The second-order valence-electron chi connectivity index (χ2n) is 3.26. The molecule has 0 aliphatic rings. The summed E-state index contributed by atoms with van der Waals surface area (Å²) in [7, 11) is 0. The largest absolute Gasteiger partial charge is 0.454 e. The fraction of sp³-hybridized carbons (Fsp3) is 0.400. The number of fused-ring (bicyclic) bond motifs is 1. The number of nitrogens with zero attached hydrogens (tertiary/aromatic N) is 2. The molecular weight excluding hydrogens is 251 g/mol. The number of halogens is 2. The van der Waals surface area contributed by atoms with Gasteiger partial charge in [0.2, 0.25) is 5.28 Å². The van der Waals surface area contributed by atoms with Crippen LogP contribution >= 0.6 is 23.2 Å². The number of hydrogen-bond acceptors (Lipinski definition) is 4. The van der Waals surface area contributed by atoms with Crippen molar-refractivity contribution in [1.29, 1.82) is 0 Å². The second-order valence-corrected chi connectivity index (χ2v) is 3.96. The van der Waals surface area contributed by atoms with Crippen molar-refractivity contribution in [2.75, 3.05) is 6.61 Å². The monoisotopic (exact) mass is 260 g/mol. The highest BCUT2D eigenvalue weighted by Gasteiger charge is 2.11. The quantitative estimate of drug-likeness (QED) is 0.480. The zero-order chi connectivity index (χ0) is 11.5. The van der Waals surface area contributed by atoms with E-state index in [2.05, 4.69) is 9.97 Å². The third-order valence-corrected chi connectivity index (χ3v) is 2.37. The van der Waals surface area contributed by atoms with Crippen LogP contribution in [0.15, 0.2) is 10.5 Å². The van der Waals surface area contributed by atoms with Gasteiger partial charge in [0.15, 0.2) is 10.7 Å². The molecule has 0 spiro atoms. The van der Waals surface area contributed by atoms with Crippen molar-refractivity contribution in [3.05, 3.63) is 22.3 Å². The summed E-state index contributed by atoms with van der Waals surface area (Å²) in [6.07, 6.45) is 0.965. The fourth-order valence-corrected chi connectivity index (χ4v) is 1.74. The molecule has 16 heavy (non-hydrogen) atoms. The molecule has 0 bridgehead atoms. The first-order valence-electron chi connectivity index (χ1n) is 4.90. The molecule has 4 nitrogen and oxygen atoms in total. The molecule has 2 heterocycles. The number of ether oxygens (including phenoxy) is 1. The molecule has 2 aromatic rings. The van der Waals surface area contributed by atoms with Crippen molar-refractivity contribution in [3.8, 4) is 0 Å².